The van der Waals surface area contributed by atoms with Crippen LogP contribution in [0.25, 0.3) is 0 Å². The molecule has 0 bridgehead atoms. The third-order valence-electron chi connectivity index (χ3n) is 5.73. The highest BCUT2D eigenvalue weighted by Gasteiger charge is 2.39. The summed E-state index contributed by atoms with van der Waals surface area (Å²) >= 11 is 0. The number of nitrogens with zero attached hydrogens (tertiary/aromatic N) is 3. The lowest BCUT2D eigenvalue weighted by Gasteiger charge is -2.38. The number of benzene rings is 1. The van der Waals surface area contributed by atoms with Crippen molar-refractivity contribution in [2.75, 3.05) is 10.8 Å². The van der Waals surface area contributed by atoms with E-state index in [0.717, 1.165) is 10.5 Å². The topological polar surface area (TPSA) is 120 Å². The number of aromatic nitrogens is 2. The second kappa shape index (κ2) is 10.5. The van der Waals surface area contributed by atoms with Crippen LogP contribution in [0.1, 0.15) is 65.8 Å². The normalized spacial score (nSPS) is 16.2. The lowest BCUT2D eigenvalue weighted by molar-refractivity contribution is -0.153. The molecular weight excluding hydrogens is 522 g/mol. The van der Waals surface area contributed by atoms with Crippen LogP contribution >= 0.6 is 0 Å². The van der Waals surface area contributed by atoms with Crippen LogP contribution in [-0.4, -0.2) is 53.9 Å². The molecule has 10 nitrogen and oxygen atoms in total. The average Bonchev–Trinajstić information content (AvgIpc) is 3.13. The van der Waals surface area contributed by atoms with Gasteiger partial charge in [-0.1, -0.05) is 6.07 Å². The summed E-state index contributed by atoms with van der Waals surface area (Å²) in [5.41, 5.74) is -0.993. The summed E-state index contributed by atoms with van der Waals surface area (Å²) in [6, 6.07) is 4.71. The molecule has 1 aliphatic rings. The number of carbonyl (C=O) groups excluding carboxylic acids is 2. The van der Waals surface area contributed by atoms with Gasteiger partial charge >= 0.3 is 12.5 Å². The van der Waals surface area contributed by atoms with Gasteiger partial charge in [-0.25, -0.2) is 13.1 Å². The highest BCUT2D eigenvalue weighted by Crippen LogP contribution is 2.40. The van der Waals surface area contributed by atoms with E-state index in [9.17, 15) is 26.8 Å². The first-order valence-electron chi connectivity index (χ1n) is 12.0. The summed E-state index contributed by atoms with van der Waals surface area (Å²) in [5.74, 6) is -0.514. The van der Waals surface area contributed by atoms with Crippen LogP contribution in [0.4, 0.5) is 14.5 Å². The molecule has 0 saturated heterocycles. The first kappa shape index (κ1) is 29.3. The Morgan fingerprint density at radius 2 is 1.89 bits per heavy atom. The molecule has 1 N–H and O–H groups in total. The first-order chi connectivity index (χ1) is 17.4. The van der Waals surface area contributed by atoms with Crippen molar-refractivity contribution < 1.29 is 36.3 Å². The van der Waals surface area contributed by atoms with Gasteiger partial charge in [-0.2, -0.15) is 13.9 Å². The molecule has 0 spiro atoms. The number of anilines is 1. The van der Waals surface area contributed by atoms with Crippen molar-refractivity contribution in [2.45, 2.75) is 90.0 Å². The maximum atomic E-state index is 13.8. The van der Waals surface area contributed by atoms with Crippen molar-refractivity contribution in [3.8, 4) is 5.75 Å². The van der Waals surface area contributed by atoms with Gasteiger partial charge in [0.05, 0.1) is 30.5 Å². The molecule has 2 aromatic rings. The van der Waals surface area contributed by atoms with Gasteiger partial charge in [0, 0.05) is 18.9 Å². The minimum Gasteiger partial charge on any atom is -0.486 e. The van der Waals surface area contributed by atoms with E-state index in [1.54, 1.807) is 46.8 Å². The van der Waals surface area contributed by atoms with Crippen molar-refractivity contribution >= 4 is 27.6 Å². The molecule has 38 heavy (non-hydrogen) atoms. The molecule has 1 aliphatic heterocycles. The van der Waals surface area contributed by atoms with Crippen LogP contribution in [0.15, 0.2) is 29.3 Å². The largest absolute Gasteiger partial charge is 0.486 e. The Hall–Kier alpha value is -3.22. The number of nitrogens with one attached hydrogen (secondary N) is 1. The van der Waals surface area contributed by atoms with Crippen LogP contribution in [0, 0.1) is 6.92 Å². The highest BCUT2D eigenvalue weighted by atomic mass is 32.2. The number of halogens is 2. The number of carbonyl (C=O) groups is 2. The predicted molar refractivity (Wildman–Crippen MR) is 136 cm³/mol. The van der Waals surface area contributed by atoms with E-state index in [1.807, 2.05) is 0 Å². The fourth-order valence-electron chi connectivity index (χ4n) is 4.42. The number of esters is 1. The lowest BCUT2D eigenvalue weighted by atomic mass is 9.95. The van der Waals surface area contributed by atoms with E-state index < -0.39 is 39.8 Å². The molecule has 0 fully saturated rings. The van der Waals surface area contributed by atoms with Crippen LogP contribution in [0.5, 0.6) is 5.75 Å². The van der Waals surface area contributed by atoms with Crippen LogP contribution in [0.3, 0.4) is 0 Å². The zero-order valence-corrected chi connectivity index (χ0v) is 23.4. The summed E-state index contributed by atoms with van der Waals surface area (Å²) in [7, 11) is -4.37. The molecule has 0 aliphatic carbocycles. The standard InChI is InChI=1S/C25H34F2N4O6S/c1-15-21(13-28-31(15)23(26)27)38(34,35)30-14-18(12-25(6,7)29-16(2)32)36-20-9-8-17(10-19(20)30)11-22(33)37-24(3,4)5/h8-10,13,18,23H,11-12,14H2,1-7H3,(H,29,32)/t18-/m0/s1. The smallest absolute Gasteiger partial charge is 0.333 e. The molecule has 2 heterocycles. The second-order valence-electron chi connectivity index (χ2n) is 10.9. The van der Waals surface area contributed by atoms with Crippen molar-refractivity contribution in [1.29, 1.82) is 0 Å². The number of hydrogen-bond donors (Lipinski definition) is 1. The fraction of sp³-hybridized carbons (Fsp3) is 0.560. The van der Waals surface area contributed by atoms with Gasteiger partial charge in [-0.3, -0.25) is 13.9 Å². The van der Waals surface area contributed by atoms with E-state index in [-0.39, 0.29) is 47.3 Å². The predicted octanol–water partition coefficient (Wildman–Crippen LogP) is 3.73. The summed E-state index contributed by atoms with van der Waals surface area (Å²) in [5, 5.41) is 6.37. The molecule has 1 aromatic heterocycles. The highest BCUT2D eigenvalue weighted by molar-refractivity contribution is 7.92. The second-order valence-corrected chi connectivity index (χ2v) is 12.8. The van der Waals surface area contributed by atoms with E-state index in [4.69, 9.17) is 9.47 Å². The summed E-state index contributed by atoms with van der Waals surface area (Å²) in [6.07, 6.45) is 0.362. The Labute approximate surface area is 221 Å². The van der Waals surface area contributed by atoms with Crippen molar-refractivity contribution in [3.05, 3.63) is 35.7 Å². The first-order valence-corrected chi connectivity index (χ1v) is 13.5. The van der Waals surface area contributed by atoms with Gasteiger partial charge < -0.3 is 14.8 Å². The van der Waals surface area contributed by atoms with E-state index in [2.05, 4.69) is 10.4 Å². The number of rotatable bonds is 8. The molecule has 210 valence electrons. The van der Waals surface area contributed by atoms with Gasteiger partial charge in [-0.05, 0) is 59.2 Å². The molecule has 0 saturated carbocycles. The Morgan fingerprint density at radius 3 is 2.45 bits per heavy atom. The molecule has 13 heteroatoms. The Bertz CT molecular complexity index is 1320. The third kappa shape index (κ3) is 6.80. The van der Waals surface area contributed by atoms with Gasteiger partial charge in [0.2, 0.25) is 5.91 Å². The Kier molecular flexibility index (Phi) is 8.11. The van der Waals surface area contributed by atoms with Crippen molar-refractivity contribution in [2.24, 2.45) is 0 Å². The zero-order valence-electron chi connectivity index (χ0n) is 22.5. The number of hydrogen-bond acceptors (Lipinski definition) is 7. The molecule has 1 aromatic carbocycles. The maximum absolute atomic E-state index is 13.8. The quantitative estimate of drug-likeness (QED) is 0.492. The van der Waals surface area contributed by atoms with E-state index >= 15 is 0 Å². The minimum absolute atomic E-state index is 0.111. The fourth-order valence-corrected chi connectivity index (χ4v) is 6.07. The third-order valence-corrected chi connectivity index (χ3v) is 7.61. The van der Waals surface area contributed by atoms with Crippen LogP contribution in [0.2, 0.25) is 0 Å². The Balaban J connectivity index is 2.04. The molecular formula is C25H34F2N4O6S. The van der Waals surface area contributed by atoms with E-state index in [0.29, 0.717) is 10.2 Å². The summed E-state index contributed by atoms with van der Waals surface area (Å²) < 4.78 is 67.3. The molecule has 3 rings (SSSR count). The van der Waals surface area contributed by atoms with Gasteiger partial charge in [0.15, 0.2) is 0 Å². The summed E-state index contributed by atoms with van der Waals surface area (Å²) in [4.78, 5) is 23.7. The molecule has 0 radical (unpaired) electrons. The maximum Gasteiger partial charge on any atom is 0.333 e. The number of fused-ring (bicyclic) bond motifs is 1. The van der Waals surface area contributed by atoms with Gasteiger partial charge in [-0.15, -0.1) is 0 Å². The molecule has 1 atom stereocenters. The van der Waals surface area contributed by atoms with Gasteiger partial charge in [0.25, 0.3) is 10.0 Å². The minimum atomic E-state index is -4.37. The Morgan fingerprint density at radius 1 is 1.24 bits per heavy atom. The monoisotopic (exact) mass is 556 g/mol. The lowest BCUT2D eigenvalue weighted by Crippen LogP contribution is -2.50. The molecule has 0 unspecified atom stereocenters. The number of amides is 1. The van der Waals surface area contributed by atoms with E-state index in [1.165, 1.54) is 19.9 Å². The average molecular weight is 557 g/mol. The number of sulfonamides is 1. The van der Waals surface area contributed by atoms with Crippen molar-refractivity contribution in [1.82, 2.24) is 15.1 Å². The van der Waals surface area contributed by atoms with Gasteiger partial charge in [0.1, 0.15) is 22.4 Å². The SMILES string of the molecule is CC(=O)NC(C)(C)C[C@H]1CN(S(=O)(=O)c2cnn(C(F)F)c2C)c2cc(CC(=O)OC(C)(C)C)ccc2O1. The van der Waals surface area contributed by atoms with Crippen LogP contribution < -0.4 is 14.4 Å². The molecule has 1 amide bonds. The van der Waals surface area contributed by atoms with Crippen LogP contribution in [-0.2, 0) is 30.8 Å². The zero-order chi connectivity index (χ0) is 28.6. The summed E-state index contributed by atoms with van der Waals surface area (Å²) in [6.45, 7) is 8.25. The van der Waals surface area contributed by atoms with Crippen molar-refractivity contribution in [3.63, 3.8) is 0 Å². The number of ether oxygens (including phenoxy) is 2. The number of alkyl halides is 2.